The minimum absolute atomic E-state index is 0.127. The van der Waals surface area contributed by atoms with E-state index in [1.807, 2.05) is 19.9 Å². The maximum absolute atomic E-state index is 13.4. The summed E-state index contributed by atoms with van der Waals surface area (Å²) in [4.78, 5) is 38.3. The highest BCUT2D eigenvalue weighted by Gasteiger charge is 2.29. The van der Waals surface area contributed by atoms with Gasteiger partial charge in [-0.05, 0) is 61.6 Å². The fourth-order valence-corrected chi connectivity index (χ4v) is 5.17. The molecule has 0 unspecified atom stereocenters. The van der Waals surface area contributed by atoms with Crippen LogP contribution in [0.2, 0.25) is 0 Å². The Labute approximate surface area is 232 Å². The second kappa shape index (κ2) is 11.7. The lowest BCUT2D eigenvalue weighted by Gasteiger charge is -2.19. The number of hydrogen-bond donors (Lipinski definition) is 3. The molecule has 0 aliphatic heterocycles. The maximum atomic E-state index is 13.4. The average Bonchev–Trinajstić information content (AvgIpc) is 3.04. The first-order valence-corrected chi connectivity index (χ1v) is 12.9. The Morgan fingerprint density at radius 2 is 1.80 bits per heavy atom. The highest BCUT2D eigenvalue weighted by molar-refractivity contribution is 5.94. The number of methoxy groups -OCH3 is 3. The van der Waals surface area contributed by atoms with Crippen molar-refractivity contribution in [1.82, 2.24) is 15.1 Å². The van der Waals surface area contributed by atoms with Crippen molar-refractivity contribution in [2.75, 3.05) is 38.5 Å². The van der Waals surface area contributed by atoms with Crippen LogP contribution in [0.4, 0.5) is 11.4 Å². The van der Waals surface area contributed by atoms with Crippen LogP contribution in [0.15, 0.2) is 29.1 Å². The zero-order chi connectivity index (χ0) is 29.1. The highest BCUT2D eigenvalue weighted by atomic mass is 16.5. The number of rotatable bonds is 8. The first kappa shape index (κ1) is 28.5. The Hall–Kier alpha value is -4.54. The van der Waals surface area contributed by atoms with E-state index < -0.39 is 6.04 Å². The molecule has 1 aliphatic rings. The molecule has 4 rings (SSSR count). The Kier molecular flexibility index (Phi) is 8.32. The van der Waals surface area contributed by atoms with Crippen LogP contribution in [0.3, 0.4) is 0 Å². The van der Waals surface area contributed by atoms with Crippen LogP contribution < -0.4 is 35.6 Å². The molecule has 3 aromatic rings. The molecule has 2 amide bonds. The Bertz CT molecular complexity index is 1530. The van der Waals surface area contributed by atoms with Gasteiger partial charge in [-0.2, -0.15) is 5.10 Å². The van der Waals surface area contributed by atoms with Gasteiger partial charge in [0.1, 0.15) is 0 Å². The number of carbonyl (C=O) groups excluding carboxylic acids is 2. The minimum Gasteiger partial charge on any atom is -0.493 e. The number of benzene rings is 1. The number of anilines is 2. The van der Waals surface area contributed by atoms with Gasteiger partial charge in [-0.3, -0.25) is 19.1 Å². The van der Waals surface area contributed by atoms with Crippen molar-refractivity contribution < 1.29 is 23.8 Å². The number of nitrogens with one attached hydrogen (secondary N) is 3. The lowest BCUT2D eigenvalue weighted by Crippen LogP contribution is -2.27. The third-order valence-corrected chi connectivity index (χ3v) is 7.13. The summed E-state index contributed by atoms with van der Waals surface area (Å²) in [5.41, 5.74) is 5.14. The molecule has 0 saturated heterocycles. The molecule has 11 nitrogen and oxygen atoms in total. The van der Waals surface area contributed by atoms with E-state index in [0.29, 0.717) is 52.6 Å². The molecule has 1 aromatic heterocycles. The quantitative estimate of drug-likeness (QED) is 0.390. The van der Waals surface area contributed by atoms with Crippen molar-refractivity contribution in [2.45, 2.75) is 39.7 Å². The number of fused-ring (bicyclic) bond motifs is 3. The first-order chi connectivity index (χ1) is 19.1. The van der Waals surface area contributed by atoms with Crippen molar-refractivity contribution in [3.8, 4) is 28.4 Å². The number of aromatic nitrogens is 2. The molecular weight excluding hydrogens is 514 g/mol. The Morgan fingerprint density at radius 1 is 1.07 bits per heavy atom. The SMILES string of the molecule is COc1cc2c(c(OC)c1OC)-c1ccc(NCC(=O)Nc3c(C)nn(C)c3C)c(=O)cc1[C@H](NC(C)=O)CC2. The van der Waals surface area contributed by atoms with E-state index in [2.05, 4.69) is 21.0 Å². The van der Waals surface area contributed by atoms with Crippen LogP contribution in [0, 0.1) is 13.8 Å². The van der Waals surface area contributed by atoms with E-state index in [1.54, 1.807) is 38.1 Å². The molecule has 11 heteroatoms. The van der Waals surface area contributed by atoms with Crippen molar-refractivity contribution >= 4 is 23.2 Å². The summed E-state index contributed by atoms with van der Waals surface area (Å²) in [6.07, 6.45) is 1.15. The molecule has 0 spiro atoms. The van der Waals surface area contributed by atoms with Crippen molar-refractivity contribution in [3.05, 3.63) is 57.0 Å². The van der Waals surface area contributed by atoms with Crippen LogP contribution in [0.5, 0.6) is 17.2 Å². The van der Waals surface area contributed by atoms with Crippen molar-refractivity contribution in [3.63, 3.8) is 0 Å². The van der Waals surface area contributed by atoms with Gasteiger partial charge >= 0.3 is 0 Å². The molecule has 1 heterocycles. The van der Waals surface area contributed by atoms with Crippen molar-refractivity contribution in [2.24, 2.45) is 7.05 Å². The van der Waals surface area contributed by atoms with Gasteiger partial charge in [-0.15, -0.1) is 0 Å². The highest BCUT2D eigenvalue weighted by Crippen LogP contribution is 2.50. The molecule has 0 bridgehead atoms. The Balaban J connectivity index is 1.77. The number of ether oxygens (including phenoxy) is 3. The van der Waals surface area contributed by atoms with Gasteiger partial charge in [0.05, 0.1) is 56.7 Å². The average molecular weight is 550 g/mol. The summed E-state index contributed by atoms with van der Waals surface area (Å²) < 4.78 is 18.7. The molecular formula is C29H35N5O6. The van der Waals surface area contributed by atoms with Gasteiger partial charge in [0.15, 0.2) is 11.5 Å². The van der Waals surface area contributed by atoms with Crippen LogP contribution in [-0.2, 0) is 23.1 Å². The molecule has 2 aromatic carbocycles. The molecule has 1 aliphatic carbocycles. The summed E-state index contributed by atoms with van der Waals surface area (Å²) in [5, 5.41) is 13.1. The van der Waals surface area contributed by atoms with Gasteiger partial charge in [-0.1, -0.05) is 6.07 Å². The topological polar surface area (TPSA) is 133 Å². The predicted molar refractivity (Wildman–Crippen MR) is 152 cm³/mol. The second-order valence-electron chi connectivity index (χ2n) is 9.67. The minimum atomic E-state index is -0.422. The molecule has 1 atom stereocenters. The summed E-state index contributed by atoms with van der Waals surface area (Å²) in [7, 11) is 6.45. The van der Waals surface area contributed by atoms with E-state index in [0.717, 1.165) is 16.8 Å². The van der Waals surface area contributed by atoms with E-state index >= 15 is 0 Å². The summed E-state index contributed by atoms with van der Waals surface area (Å²) in [6.45, 7) is 5.00. The second-order valence-corrected chi connectivity index (χ2v) is 9.67. The number of aryl methyl sites for hydroxylation is 3. The summed E-state index contributed by atoms with van der Waals surface area (Å²) >= 11 is 0. The number of hydrogen-bond acceptors (Lipinski definition) is 8. The van der Waals surface area contributed by atoms with E-state index in [4.69, 9.17) is 14.2 Å². The fraction of sp³-hybridized carbons (Fsp3) is 0.379. The largest absolute Gasteiger partial charge is 0.493 e. The predicted octanol–water partition coefficient (Wildman–Crippen LogP) is 3.26. The van der Waals surface area contributed by atoms with E-state index in [-0.39, 0.29) is 29.5 Å². The van der Waals surface area contributed by atoms with Crippen LogP contribution in [0.25, 0.3) is 11.1 Å². The number of carbonyl (C=O) groups is 2. The molecule has 40 heavy (non-hydrogen) atoms. The number of nitrogens with zero attached hydrogens (tertiary/aromatic N) is 2. The third-order valence-electron chi connectivity index (χ3n) is 7.13. The van der Waals surface area contributed by atoms with Gasteiger partial charge in [0.2, 0.25) is 23.0 Å². The van der Waals surface area contributed by atoms with Crippen LogP contribution in [-0.4, -0.2) is 49.5 Å². The lowest BCUT2D eigenvalue weighted by atomic mass is 9.95. The maximum Gasteiger partial charge on any atom is 0.243 e. The van der Waals surface area contributed by atoms with Gasteiger partial charge in [-0.25, -0.2) is 0 Å². The van der Waals surface area contributed by atoms with E-state index in [9.17, 15) is 14.4 Å². The lowest BCUT2D eigenvalue weighted by molar-refractivity contribution is -0.119. The first-order valence-electron chi connectivity index (χ1n) is 12.9. The monoisotopic (exact) mass is 549 g/mol. The van der Waals surface area contributed by atoms with Crippen LogP contribution in [0.1, 0.15) is 41.9 Å². The normalized spacial score (nSPS) is 13.8. The summed E-state index contributed by atoms with van der Waals surface area (Å²) in [6, 6.07) is 6.43. The van der Waals surface area contributed by atoms with Crippen LogP contribution >= 0.6 is 0 Å². The molecule has 0 radical (unpaired) electrons. The van der Waals surface area contributed by atoms with Gasteiger partial charge in [0.25, 0.3) is 0 Å². The van der Waals surface area contributed by atoms with Gasteiger partial charge in [0, 0.05) is 19.5 Å². The zero-order valence-corrected chi connectivity index (χ0v) is 23.9. The molecule has 0 fully saturated rings. The standard InChI is InChI=1S/C29H35N5O6/c1-15-27(16(2)34(4)33-15)32-25(37)14-30-22-11-9-19-20(13-23(22)36)21(31-17(3)35)10-8-18-12-24(38-5)28(39-6)29(40-7)26(18)19/h9,11-13,21H,8,10,14H2,1-7H3,(H,30,36)(H,31,35)(H,32,37)/t21-/m1/s1. The van der Waals surface area contributed by atoms with Gasteiger partial charge < -0.3 is 30.2 Å². The summed E-state index contributed by atoms with van der Waals surface area (Å²) in [5.74, 6) is 0.898. The molecule has 212 valence electrons. The Morgan fingerprint density at radius 3 is 2.40 bits per heavy atom. The smallest absolute Gasteiger partial charge is 0.243 e. The number of amides is 2. The molecule has 3 N–H and O–H groups in total. The zero-order valence-electron chi connectivity index (χ0n) is 23.9. The van der Waals surface area contributed by atoms with Crippen molar-refractivity contribution in [1.29, 1.82) is 0 Å². The van der Waals surface area contributed by atoms with E-state index in [1.165, 1.54) is 20.1 Å². The fourth-order valence-electron chi connectivity index (χ4n) is 5.17. The molecule has 0 saturated carbocycles. The third kappa shape index (κ3) is 5.45.